The van der Waals surface area contributed by atoms with Crippen molar-refractivity contribution in [3.8, 4) is 6.07 Å². The fourth-order valence-electron chi connectivity index (χ4n) is 3.48. The Morgan fingerprint density at radius 3 is 2.44 bits per heavy atom. The molecule has 2 heterocycles. The molecule has 2 amide bonds. The molecule has 0 bridgehead atoms. The van der Waals surface area contributed by atoms with E-state index in [0.29, 0.717) is 38.0 Å². The van der Waals surface area contributed by atoms with E-state index >= 15 is 0 Å². The highest BCUT2D eigenvalue weighted by molar-refractivity contribution is 5.80. The number of methoxy groups -OCH3 is 1. The summed E-state index contributed by atoms with van der Waals surface area (Å²) in [4.78, 5) is 16.3. The van der Waals surface area contributed by atoms with E-state index < -0.39 is 0 Å². The Balaban J connectivity index is 1.65. The van der Waals surface area contributed by atoms with Crippen molar-refractivity contribution in [2.24, 2.45) is 0 Å². The van der Waals surface area contributed by atoms with E-state index in [1.165, 1.54) is 12.1 Å². The summed E-state index contributed by atoms with van der Waals surface area (Å²) in [6.45, 7) is 2.59. The number of nitrogens with zero attached hydrogens (tertiary/aromatic N) is 3. The van der Waals surface area contributed by atoms with Gasteiger partial charge in [0.2, 0.25) is 0 Å². The molecule has 1 aromatic carbocycles. The van der Waals surface area contributed by atoms with E-state index in [-0.39, 0.29) is 18.0 Å². The van der Waals surface area contributed by atoms with Gasteiger partial charge in [-0.25, -0.2) is 9.18 Å². The summed E-state index contributed by atoms with van der Waals surface area (Å²) >= 11 is 0. The lowest BCUT2D eigenvalue weighted by atomic mass is 9.94. The van der Waals surface area contributed by atoms with Gasteiger partial charge in [0.15, 0.2) is 0 Å². The fraction of sp³-hybridized carbons (Fsp3) is 0.474. The molecule has 132 valence electrons. The zero-order valence-corrected chi connectivity index (χ0v) is 14.4. The summed E-state index contributed by atoms with van der Waals surface area (Å²) in [5.41, 5.74) is 2.38. The number of halogens is 1. The second-order valence-electron chi connectivity index (χ2n) is 6.46. The van der Waals surface area contributed by atoms with Crippen LogP contribution in [0.5, 0.6) is 0 Å². The first kappa shape index (κ1) is 17.4. The number of piperidine rings is 1. The maximum atomic E-state index is 13.1. The highest BCUT2D eigenvalue weighted by atomic mass is 19.1. The molecule has 1 atom stereocenters. The lowest BCUT2D eigenvalue weighted by Crippen LogP contribution is -2.45. The van der Waals surface area contributed by atoms with E-state index in [2.05, 4.69) is 6.07 Å². The van der Waals surface area contributed by atoms with Crippen LogP contribution in [0.4, 0.5) is 9.18 Å². The van der Waals surface area contributed by atoms with Crippen LogP contribution < -0.4 is 0 Å². The topological polar surface area (TPSA) is 56.6 Å². The number of carbonyl (C=O) groups is 1. The summed E-state index contributed by atoms with van der Waals surface area (Å²) in [5.74, 6) is -0.313. The molecule has 2 aliphatic heterocycles. The number of allylic oxidation sites excluding steroid dienone is 1. The number of amides is 2. The van der Waals surface area contributed by atoms with E-state index in [0.717, 1.165) is 24.1 Å². The normalized spacial score (nSPS) is 20.5. The van der Waals surface area contributed by atoms with Gasteiger partial charge in [-0.1, -0.05) is 12.1 Å². The van der Waals surface area contributed by atoms with E-state index in [1.54, 1.807) is 19.2 Å². The molecule has 25 heavy (non-hydrogen) atoms. The Kier molecular flexibility index (Phi) is 5.34. The van der Waals surface area contributed by atoms with Crippen LogP contribution in [0.3, 0.4) is 0 Å². The Bertz CT molecular complexity index is 698. The van der Waals surface area contributed by atoms with Crippen molar-refractivity contribution < 1.29 is 13.9 Å². The summed E-state index contributed by atoms with van der Waals surface area (Å²) in [6.07, 6.45) is 2.36. The molecule has 2 aliphatic rings. The number of ether oxygens (including phenoxy) is 1. The quantitative estimate of drug-likeness (QED) is 0.776. The zero-order chi connectivity index (χ0) is 17.8. The van der Waals surface area contributed by atoms with Crippen molar-refractivity contribution in [3.63, 3.8) is 0 Å². The minimum Gasteiger partial charge on any atom is -0.380 e. The number of hydrogen-bond acceptors (Lipinski definition) is 3. The lowest BCUT2D eigenvalue weighted by molar-refractivity contribution is 0.105. The van der Waals surface area contributed by atoms with Crippen molar-refractivity contribution in [2.75, 3.05) is 33.3 Å². The fourth-order valence-corrected chi connectivity index (χ4v) is 3.48. The molecule has 2 fully saturated rings. The predicted octanol–water partition coefficient (Wildman–Crippen LogP) is 3.04. The maximum absolute atomic E-state index is 13.1. The third kappa shape index (κ3) is 3.83. The molecule has 0 aliphatic carbocycles. The predicted molar refractivity (Wildman–Crippen MR) is 92.1 cm³/mol. The summed E-state index contributed by atoms with van der Waals surface area (Å²) < 4.78 is 18.4. The van der Waals surface area contributed by atoms with E-state index in [4.69, 9.17) is 4.74 Å². The third-order valence-corrected chi connectivity index (χ3v) is 4.98. The van der Waals surface area contributed by atoms with Crippen molar-refractivity contribution in [1.29, 1.82) is 5.26 Å². The van der Waals surface area contributed by atoms with Crippen molar-refractivity contribution in [2.45, 2.75) is 25.4 Å². The van der Waals surface area contributed by atoms with Crippen LogP contribution in [0.25, 0.3) is 5.57 Å². The zero-order valence-electron chi connectivity index (χ0n) is 14.4. The SMILES string of the molecule is COC1CCN(C(=O)N2CCC(=C(C#N)c3ccc(F)cc3)CC2)C1. The van der Waals surface area contributed by atoms with Gasteiger partial charge in [-0.05, 0) is 42.5 Å². The van der Waals surface area contributed by atoms with Crippen LogP contribution in [0.15, 0.2) is 29.8 Å². The van der Waals surface area contributed by atoms with Crippen LogP contribution in [0, 0.1) is 17.1 Å². The molecule has 0 aromatic heterocycles. The third-order valence-electron chi connectivity index (χ3n) is 4.98. The van der Waals surface area contributed by atoms with Crippen LogP contribution in [-0.2, 0) is 4.74 Å². The smallest absolute Gasteiger partial charge is 0.320 e. The first-order valence-electron chi connectivity index (χ1n) is 8.57. The summed E-state index contributed by atoms with van der Waals surface area (Å²) in [5, 5.41) is 9.50. The highest BCUT2D eigenvalue weighted by Gasteiger charge is 2.30. The van der Waals surface area contributed by atoms with Gasteiger partial charge < -0.3 is 14.5 Å². The molecule has 6 heteroatoms. The van der Waals surface area contributed by atoms with Crippen LogP contribution in [0.1, 0.15) is 24.8 Å². The number of likely N-dealkylation sites (tertiary alicyclic amines) is 2. The van der Waals surface area contributed by atoms with Gasteiger partial charge in [-0.3, -0.25) is 0 Å². The Hall–Kier alpha value is -2.39. The average Bonchev–Trinajstić information content (AvgIpc) is 3.13. The molecule has 1 unspecified atom stereocenters. The summed E-state index contributed by atoms with van der Waals surface area (Å²) in [7, 11) is 1.68. The molecule has 1 aromatic rings. The standard InChI is InChI=1S/C19H22FN3O2/c1-25-17-8-11-23(13-17)19(24)22-9-6-15(7-10-22)18(12-21)14-2-4-16(20)5-3-14/h2-5,17H,6-11,13H2,1H3. The van der Waals surface area contributed by atoms with Crippen molar-refractivity contribution in [1.82, 2.24) is 9.80 Å². The number of hydrogen-bond donors (Lipinski definition) is 0. The molecule has 0 saturated carbocycles. The monoisotopic (exact) mass is 343 g/mol. The maximum Gasteiger partial charge on any atom is 0.320 e. The molecule has 5 nitrogen and oxygen atoms in total. The van der Waals surface area contributed by atoms with Crippen LogP contribution in [-0.4, -0.2) is 55.2 Å². The molecule has 0 N–H and O–H groups in total. The van der Waals surface area contributed by atoms with Gasteiger partial charge >= 0.3 is 6.03 Å². The van der Waals surface area contributed by atoms with Crippen LogP contribution in [0.2, 0.25) is 0 Å². The van der Waals surface area contributed by atoms with Crippen LogP contribution >= 0.6 is 0 Å². The first-order valence-corrected chi connectivity index (χ1v) is 8.57. The molecular formula is C19H22FN3O2. The van der Waals surface area contributed by atoms with Gasteiger partial charge in [0.05, 0.1) is 17.7 Å². The minimum atomic E-state index is -0.313. The largest absolute Gasteiger partial charge is 0.380 e. The van der Waals surface area contributed by atoms with Crippen molar-refractivity contribution in [3.05, 3.63) is 41.2 Å². The number of nitriles is 1. The number of urea groups is 1. The number of rotatable bonds is 2. The molecule has 0 radical (unpaired) electrons. The molecule has 0 spiro atoms. The Morgan fingerprint density at radius 1 is 1.20 bits per heavy atom. The minimum absolute atomic E-state index is 0.0545. The molecule has 2 saturated heterocycles. The first-order chi connectivity index (χ1) is 12.1. The molecule has 3 rings (SSSR count). The van der Waals surface area contributed by atoms with Gasteiger partial charge in [-0.15, -0.1) is 0 Å². The number of carbonyl (C=O) groups excluding carboxylic acids is 1. The molecular weight excluding hydrogens is 321 g/mol. The van der Waals surface area contributed by atoms with Gasteiger partial charge in [0.25, 0.3) is 0 Å². The van der Waals surface area contributed by atoms with E-state index in [1.807, 2.05) is 9.80 Å². The Morgan fingerprint density at radius 2 is 1.88 bits per heavy atom. The summed E-state index contributed by atoms with van der Waals surface area (Å²) in [6, 6.07) is 8.30. The van der Waals surface area contributed by atoms with Crippen molar-refractivity contribution >= 4 is 11.6 Å². The van der Waals surface area contributed by atoms with E-state index in [9.17, 15) is 14.4 Å². The second kappa shape index (κ2) is 7.66. The average molecular weight is 343 g/mol. The van der Waals surface area contributed by atoms with Gasteiger partial charge in [0.1, 0.15) is 5.82 Å². The lowest BCUT2D eigenvalue weighted by Gasteiger charge is -2.32. The van der Waals surface area contributed by atoms with Gasteiger partial charge in [0, 0.05) is 33.3 Å². The number of benzene rings is 1. The van der Waals surface area contributed by atoms with Gasteiger partial charge in [-0.2, -0.15) is 5.26 Å². The highest BCUT2D eigenvalue weighted by Crippen LogP contribution is 2.27. The second-order valence-corrected chi connectivity index (χ2v) is 6.46. The Labute approximate surface area is 147 Å².